The maximum atomic E-state index is 12.2. The van der Waals surface area contributed by atoms with E-state index in [1.807, 2.05) is 12.1 Å². The summed E-state index contributed by atoms with van der Waals surface area (Å²) in [6.07, 6.45) is 2.13. The van der Waals surface area contributed by atoms with Gasteiger partial charge in [-0.2, -0.15) is 0 Å². The number of benzene rings is 1. The maximum Gasteiger partial charge on any atom is 0.255 e. The number of fused-ring (bicyclic) bond motifs is 1. The van der Waals surface area contributed by atoms with Gasteiger partial charge in [0.1, 0.15) is 0 Å². The summed E-state index contributed by atoms with van der Waals surface area (Å²) in [4.78, 5) is 13.7. The number of carbonyl (C=O) groups is 1. The van der Waals surface area contributed by atoms with Crippen molar-refractivity contribution in [1.82, 2.24) is 4.90 Å². The molecule has 4 nitrogen and oxygen atoms in total. The van der Waals surface area contributed by atoms with E-state index in [-0.39, 0.29) is 12.5 Å². The second kappa shape index (κ2) is 5.19. The molecule has 1 aromatic rings. The molecule has 1 aliphatic heterocycles. The fourth-order valence-electron chi connectivity index (χ4n) is 2.14. The number of aliphatic hydroxyl groups is 1. The molecule has 0 bridgehead atoms. The van der Waals surface area contributed by atoms with Crippen LogP contribution in [0.5, 0.6) is 0 Å². The third-order valence-corrected chi connectivity index (χ3v) is 3.09. The lowest BCUT2D eigenvalue weighted by Gasteiger charge is -2.23. The molecule has 0 spiro atoms. The van der Waals surface area contributed by atoms with Gasteiger partial charge in [-0.25, -0.2) is 0 Å². The topological polar surface area (TPSA) is 52.6 Å². The van der Waals surface area contributed by atoms with E-state index in [2.05, 4.69) is 11.4 Å². The van der Waals surface area contributed by atoms with Crippen LogP contribution in [0.1, 0.15) is 22.3 Å². The summed E-state index contributed by atoms with van der Waals surface area (Å²) in [5, 5.41) is 12.2. The van der Waals surface area contributed by atoms with Gasteiger partial charge < -0.3 is 15.3 Å². The molecule has 1 heterocycles. The Bertz CT molecular complexity index is 418. The fraction of sp³-hybridized carbons (Fsp3) is 0.462. The van der Waals surface area contributed by atoms with Gasteiger partial charge in [0.25, 0.3) is 5.91 Å². The molecule has 1 aromatic carbocycles. The molecular formula is C13H18N2O2. The van der Waals surface area contributed by atoms with E-state index in [9.17, 15) is 4.79 Å². The van der Waals surface area contributed by atoms with Crippen LogP contribution < -0.4 is 5.32 Å². The van der Waals surface area contributed by atoms with Crippen molar-refractivity contribution in [3.8, 4) is 0 Å². The molecule has 0 unspecified atom stereocenters. The van der Waals surface area contributed by atoms with Crippen molar-refractivity contribution < 1.29 is 9.90 Å². The van der Waals surface area contributed by atoms with Crippen LogP contribution >= 0.6 is 0 Å². The first-order valence-corrected chi connectivity index (χ1v) is 5.96. The van der Waals surface area contributed by atoms with Crippen LogP contribution in [0.2, 0.25) is 0 Å². The summed E-state index contributed by atoms with van der Waals surface area (Å²) in [5.74, 6) is -0.0368. The van der Waals surface area contributed by atoms with Gasteiger partial charge in [0.15, 0.2) is 0 Å². The van der Waals surface area contributed by atoms with E-state index < -0.39 is 0 Å². The molecule has 0 radical (unpaired) electrons. The van der Waals surface area contributed by atoms with Gasteiger partial charge in [-0.05, 0) is 24.5 Å². The average molecular weight is 234 g/mol. The Labute approximate surface area is 101 Å². The zero-order valence-corrected chi connectivity index (χ0v) is 10.1. The highest BCUT2D eigenvalue weighted by atomic mass is 16.3. The highest BCUT2D eigenvalue weighted by Crippen LogP contribution is 2.26. The lowest BCUT2D eigenvalue weighted by atomic mass is 9.99. The van der Waals surface area contributed by atoms with Crippen molar-refractivity contribution >= 4 is 11.6 Å². The molecule has 0 fully saturated rings. The summed E-state index contributed by atoms with van der Waals surface area (Å²) < 4.78 is 0. The lowest BCUT2D eigenvalue weighted by molar-refractivity contribution is 0.0767. The van der Waals surface area contributed by atoms with E-state index in [0.717, 1.165) is 25.1 Å². The zero-order chi connectivity index (χ0) is 12.3. The van der Waals surface area contributed by atoms with Crippen molar-refractivity contribution in [3.63, 3.8) is 0 Å². The van der Waals surface area contributed by atoms with Gasteiger partial charge in [-0.15, -0.1) is 0 Å². The third kappa shape index (κ3) is 2.42. The minimum absolute atomic E-state index is 0.00923. The molecule has 92 valence electrons. The van der Waals surface area contributed by atoms with E-state index in [0.29, 0.717) is 12.1 Å². The second-order valence-electron chi connectivity index (χ2n) is 4.32. The SMILES string of the molecule is CN(CCO)C(=O)c1cccc2c1NCCC2. The van der Waals surface area contributed by atoms with Gasteiger partial charge in [0.2, 0.25) is 0 Å². The van der Waals surface area contributed by atoms with Crippen molar-refractivity contribution in [2.45, 2.75) is 12.8 Å². The van der Waals surface area contributed by atoms with Gasteiger partial charge in [0, 0.05) is 20.1 Å². The number of para-hydroxylation sites is 1. The van der Waals surface area contributed by atoms with Crippen LogP contribution in [0.4, 0.5) is 5.69 Å². The van der Waals surface area contributed by atoms with Crippen LogP contribution in [-0.2, 0) is 6.42 Å². The van der Waals surface area contributed by atoms with E-state index >= 15 is 0 Å². The first-order valence-electron chi connectivity index (χ1n) is 5.96. The van der Waals surface area contributed by atoms with Gasteiger partial charge in [-0.1, -0.05) is 12.1 Å². The zero-order valence-electron chi connectivity index (χ0n) is 10.1. The number of likely N-dealkylation sites (N-methyl/N-ethyl adjacent to an activating group) is 1. The van der Waals surface area contributed by atoms with Crippen molar-refractivity contribution in [1.29, 1.82) is 0 Å². The fourth-order valence-corrected chi connectivity index (χ4v) is 2.14. The first kappa shape index (κ1) is 11.9. The Hall–Kier alpha value is -1.55. The molecule has 4 heteroatoms. The number of hydrogen-bond donors (Lipinski definition) is 2. The molecule has 0 aliphatic carbocycles. The monoisotopic (exact) mass is 234 g/mol. The number of aryl methyl sites for hydroxylation is 1. The standard InChI is InChI=1S/C13H18N2O2/c1-15(8-9-16)13(17)11-6-2-4-10-5-3-7-14-12(10)11/h2,4,6,14,16H,3,5,7-9H2,1H3. The number of aliphatic hydroxyl groups excluding tert-OH is 1. The smallest absolute Gasteiger partial charge is 0.255 e. The van der Waals surface area contributed by atoms with E-state index in [1.54, 1.807) is 11.9 Å². The lowest BCUT2D eigenvalue weighted by Crippen LogP contribution is -2.30. The Morgan fingerprint density at radius 1 is 1.53 bits per heavy atom. The molecule has 17 heavy (non-hydrogen) atoms. The van der Waals surface area contributed by atoms with Crippen molar-refractivity contribution in [2.24, 2.45) is 0 Å². The maximum absolute atomic E-state index is 12.2. The Morgan fingerprint density at radius 2 is 2.35 bits per heavy atom. The molecule has 1 amide bonds. The van der Waals surface area contributed by atoms with Gasteiger partial charge >= 0.3 is 0 Å². The summed E-state index contributed by atoms with van der Waals surface area (Å²) in [7, 11) is 1.71. The summed E-state index contributed by atoms with van der Waals surface area (Å²) >= 11 is 0. The third-order valence-electron chi connectivity index (χ3n) is 3.09. The molecule has 1 aliphatic rings. The van der Waals surface area contributed by atoms with Crippen LogP contribution in [0.15, 0.2) is 18.2 Å². The number of rotatable bonds is 3. The van der Waals surface area contributed by atoms with Gasteiger partial charge in [0.05, 0.1) is 17.9 Å². The Balaban J connectivity index is 2.29. The number of anilines is 1. The van der Waals surface area contributed by atoms with Crippen LogP contribution in [0.25, 0.3) is 0 Å². The van der Waals surface area contributed by atoms with Gasteiger partial charge in [-0.3, -0.25) is 4.79 Å². The number of nitrogens with zero attached hydrogens (tertiary/aromatic N) is 1. The largest absolute Gasteiger partial charge is 0.395 e. The molecule has 2 N–H and O–H groups in total. The van der Waals surface area contributed by atoms with Crippen LogP contribution in [0.3, 0.4) is 0 Å². The molecule has 2 rings (SSSR count). The summed E-state index contributed by atoms with van der Waals surface area (Å²) in [6.45, 7) is 1.27. The summed E-state index contributed by atoms with van der Waals surface area (Å²) in [6, 6.07) is 5.82. The number of amides is 1. The van der Waals surface area contributed by atoms with Crippen molar-refractivity contribution in [3.05, 3.63) is 29.3 Å². The van der Waals surface area contributed by atoms with Crippen LogP contribution in [-0.4, -0.2) is 42.7 Å². The predicted octanol–water partition coefficient (Wildman–Crippen LogP) is 1.11. The number of nitrogens with one attached hydrogen (secondary N) is 1. The minimum Gasteiger partial charge on any atom is -0.395 e. The van der Waals surface area contributed by atoms with E-state index in [1.165, 1.54) is 5.56 Å². The predicted molar refractivity (Wildman–Crippen MR) is 67.3 cm³/mol. The van der Waals surface area contributed by atoms with E-state index in [4.69, 9.17) is 5.11 Å². The molecular weight excluding hydrogens is 216 g/mol. The normalized spacial score (nSPS) is 13.8. The molecule has 0 atom stereocenters. The Kier molecular flexibility index (Phi) is 3.64. The first-order chi connectivity index (χ1) is 8.24. The number of carbonyl (C=O) groups excluding carboxylic acids is 1. The molecule has 0 saturated heterocycles. The Morgan fingerprint density at radius 3 is 3.12 bits per heavy atom. The van der Waals surface area contributed by atoms with Crippen LogP contribution in [0, 0.1) is 0 Å². The minimum atomic E-state index is -0.0368. The van der Waals surface area contributed by atoms with Crippen molar-refractivity contribution in [2.75, 3.05) is 32.1 Å². The highest BCUT2D eigenvalue weighted by Gasteiger charge is 2.19. The summed E-state index contributed by atoms with van der Waals surface area (Å²) in [5.41, 5.74) is 2.88. The quantitative estimate of drug-likeness (QED) is 0.823. The molecule has 0 saturated carbocycles. The highest BCUT2D eigenvalue weighted by molar-refractivity contribution is 6.00. The molecule has 0 aromatic heterocycles. The average Bonchev–Trinajstić information content (AvgIpc) is 2.37. The second-order valence-corrected chi connectivity index (χ2v) is 4.32. The number of hydrogen-bond acceptors (Lipinski definition) is 3.